The molecule has 0 spiro atoms. The van der Waals surface area contributed by atoms with Crippen molar-refractivity contribution < 1.29 is 10.2 Å². The third kappa shape index (κ3) is 2.70. The van der Waals surface area contributed by atoms with Gasteiger partial charge in [-0.15, -0.1) is 4.91 Å². The second-order valence-electron chi connectivity index (χ2n) is 3.03. The Morgan fingerprint density at radius 3 is 2.50 bits per heavy atom. The number of nitroso groups, excluding NO2 is 1. The minimum atomic E-state index is -0.779. The van der Waals surface area contributed by atoms with Crippen LogP contribution in [0.25, 0.3) is 0 Å². The fraction of sp³-hybridized carbons (Fsp3) is 0.333. The smallest absolute Gasteiger partial charge is 0.115 e. The number of benzene rings is 1. The van der Waals surface area contributed by atoms with Gasteiger partial charge >= 0.3 is 0 Å². The minimum Gasteiger partial charge on any atom is -0.508 e. The first-order valence-electron chi connectivity index (χ1n) is 4.15. The van der Waals surface area contributed by atoms with Crippen LogP contribution in [0, 0.1) is 4.91 Å². The summed E-state index contributed by atoms with van der Waals surface area (Å²) >= 11 is 0. The number of phenolic OH excluding ortho intramolecular Hbond substituents is 1. The predicted octanol–water partition coefficient (Wildman–Crippen LogP) is 1.04. The van der Waals surface area contributed by atoms with E-state index in [1.54, 1.807) is 12.1 Å². The Hall–Kier alpha value is -1.62. The van der Waals surface area contributed by atoms with Gasteiger partial charge in [0.1, 0.15) is 5.75 Å². The monoisotopic (exact) mass is 196 g/mol. The van der Waals surface area contributed by atoms with E-state index in [4.69, 9.17) is 5.11 Å². The summed E-state index contributed by atoms with van der Waals surface area (Å²) < 4.78 is 0. The van der Waals surface area contributed by atoms with Crippen LogP contribution in [-0.2, 0) is 0 Å². The second kappa shape index (κ2) is 4.57. The van der Waals surface area contributed by atoms with Crippen LogP contribution >= 0.6 is 0 Å². The maximum Gasteiger partial charge on any atom is 0.115 e. The number of likely N-dealkylation sites (N-methyl/N-ethyl adjacent to an activating group) is 1. The van der Waals surface area contributed by atoms with E-state index < -0.39 is 6.10 Å². The van der Waals surface area contributed by atoms with Crippen LogP contribution in [0.3, 0.4) is 0 Å². The van der Waals surface area contributed by atoms with Crippen molar-refractivity contribution >= 4 is 0 Å². The second-order valence-corrected chi connectivity index (χ2v) is 3.03. The Kier molecular flexibility index (Phi) is 3.41. The van der Waals surface area contributed by atoms with E-state index in [9.17, 15) is 10.0 Å². The first-order chi connectivity index (χ1) is 6.63. The summed E-state index contributed by atoms with van der Waals surface area (Å²) in [4.78, 5) is 10.1. The molecular weight excluding hydrogens is 184 g/mol. The number of hydrogen-bond acceptors (Lipinski definition) is 4. The van der Waals surface area contributed by atoms with E-state index in [0.717, 1.165) is 5.01 Å². The third-order valence-corrected chi connectivity index (χ3v) is 1.85. The van der Waals surface area contributed by atoms with Gasteiger partial charge in [0.2, 0.25) is 0 Å². The van der Waals surface area contributed by atoms with Crippen molar-refractivity contribution in [3.63, 3.8) is 0 Å². The van der Waals surface area contributed by atoms with Crippen molar-refractivity contribution in [3.05, 3.63) is 34.7 Å². The maximum atomic E-state index is 10.1. The van der Waals surface area contributed by atoms with Gasteiger partial charge in [-0.2, -0.15) is 0 Å². The Morgan fingerprint density at radius 1 is 1.43 bits per heavy atom. The largest absolute Gasteiger partial charge is 0.508 e. The highest BCUT2D eigenvalue weighted by molar-refractivity contribution is 5.27. The molecule has 0 saturated carbocycles. The number of aromatic hydroxyl groups is 1. The molecular formula is C9H12N2O3. The Balaban J connectivity index is 2.64. The molecule has 76 valence electrons. The van der Waals surface area contributed by atoms with Gasteiger partial charge < -0.3 is 10.2 Å². The topological polar surface area (TPSA) is 73.1 Å². The molecule has 14 heavy (non-hydrogen) atoms. The van der Waals surface area contributed by atoms with E-state index in [2.05, 4.69) is 5.29 Å². The van der Waals surface area contributed by atoms with Crippen LogP contribution < -0.4 is 0 Å². The summed E-state index contributed by atoms with van der Waals surface area (Å²) in [7, 11) is 1.48. The molecule has 0 bridgehead atoms. The standard InChI is InChI=1S/C9H12N2O3/c1-11(10-14)6-9(13)7-2-4-8(12)5-3-7/h2-5,9,12-13H,6H2,1H3/t9-/m0/s1. The van der Waals surface area contributed by atoms with E-state index >= 15 is 0 Å². The first kappa shape index (κ1) is 10.5. The van der Waals surface area contributed by atoms with Crippen molar-refractivity contribution in [1.29, 1.82) is 0 Å². The van der Waals surface area contributed by atoms with Gasteiger partial charge in [-0.3, -0.25) is 5.01 Å². The van der Waals surface area contributed by atoms with Gasteiger partial charge in [0.15, 0.2) is 0 Å². The van der Waals surface area contributed by atoms with Crippen molar-refractivity contribution in [1.82, 2.24) is 5.01 Å². The first-order valence-corrected chi connectivity index (χ1v) is 4.15. The lowest BCUT2D eigenvalue weighted by molar-refractivity contribution is 0.128. The van der Waals surface area contributed by atoms with Gasteiger partial charge in [-0.25, -0.2) is 0 Å². The molecule has 0 saturated heterocycles. The Bertz CT molecular complexity index is 299. The molecule has 1 aromatic rings. The van der Waals surface area contributed by atoms with Crippen molar-refractivity contribution in [2.24, 2.45) is 5.29 Å². The molecule has 0 amide bonds. The van der Waals surface area contributed by atoms with E-state index in [0.29, 0.717) is 5.56 Å². The number of rotatable bonds is 4. The average Bonchev–Trinajstić information content (AvgIpc) is 2.18. The minimum absolute atomic E-state index is 0.133. The summed E-state index contributed by atoms with van der Waals surface area (Å²) in [6.07, 6.45) is -0.779. The lowest BCUT2D eigenvalue weighted by atomic mass is 10.1. The Labute approximate surface area is 81.5 Å². The zero-order valence-corrected chi connectivity index (χ0v) is 7.79. The summed E-state index contributed by atoms with van der Waals surface area (Å²) in [5.74, 6) is 0.141. The van der Waals surface area contributed by atoms with Crippen LogP contribution in [0.15, 0.2) is 29.6 Å². The highest BCUT2D eigenvalue weighted by atomic mass is 16.3. The van der Waals surface area contributed by atoms with Gasteiger partial charge in [-0.05, 0) is 17.7 Å². The number of aliphatic hydroxyl groups excluding tert-OH is 1. The van der Waals surface area contributed by atoms with Crippen LogP contribution in [0.4, 0.5) is 0 Å². The molecule has 0 aromatic heterocycles. The molecule has 1 atom stereocenters. The summed E-state index contributed by atoms with van der Waals surface area (Å²) in [5, 5.41) is 22.4. The zero-order chi connectivity index (χ0) is 10.6. The highest BCUT2D eigenvalue weighted by Gasteiger charge is 2.09. The molecule has 1 rings (SSSR count). The third-order valence-electron chi connectivity index (χ3n) is 1.85. The number of hydrogen-bond donors (Lipinski definition) is 2. The van der Waals surface area contributed by atoms with Crippen LogP contribution in [-0.4, -0.2) is 28.8 Å². The van der Waals surface area contributed by atoms with Crippen LogP contribution in [0.2, 0.25) is 0 Å². The van der Waals surface area contributed by atoms with Gasteiger partial charge in [0, 0.05) is 7.05 Å². The SMILES string of the molecule is CN(C[C@H](O)c1ccc(O)cc1)N=O. The lowest BCUT2D eigenvalue weighted by Crippen LogP contribution is -2.18. The number of aliphatic hydroxyl groups is 1. The normalized spacial score (nSPS) is 12.1. The molecule has 0 radical (unpaired) electrons. The molecule has 0 unspecified atom stereocenters. The van der Waals surface area contributed by atoms with Crippen LogP contribution in [0.1, 0.15) is 11.7 Å². The quantitative estimate of drug-likeness (QED) is 0.557. The van der Waals surface area contributed by atoms with Gasteiger partial charge in [0.25, 0.3) is 0 Å². The van der Waals surface area contributed by atoms with Crippen molar-refractivity contribution in [2.45, 2.75) is 6.10 Å². The van der Waals surface area contributed by atoms with E-state index in [1.807, 2.05) is 0 Å². The molecule has 0 aliphatic rings. The molecule has 0 fully saturated rings. The molecule has 5 heteroatoms. The number of phenols is 1. The summed E-state index contributed by atoms with van der Waals surface area (Å²) in [5.41, 5.74) is 0.637. The van der Waals surface area contributed by atoms with E-state index in [1.165, 1.54) is 19.2 Å². The predicted molar refractivity (Wildman–Crippen MR) is 51.5 cm³/mol. The van der Waals surface area contributed by atoms with Crippen molar-refractivity contribution in [3.8, 4) is 5.75 Å². The zero-order valence-electron chi connectivity index (χ0n) is 7.79. The number of nitrogens with zero attached hydrogens (tertiary/aromatic N) is 2. The molecule has 0 aliphatic heterocycles. The molecule has 2 N–H and O–H groups in total. The summed E-state index contributed by atoms with van der Waals surface area (Å²) in [6, 6.07) is 6.15. The highest BCUT2D eigenvalue weighted by Crippen LogP contribution is 2.17. The fourth-order valence-electron chi connectivity index (χ4n) is 1.09. The molecule has 5 nitrogen and oxygen atoms in total. The van der Waals surface area contributed by atoms with Gasteiger partial charge in [0.05, 0.1) is 17.9 Å². The molecule has 0 heterocycles. The van der Waals surface area contributed by atoms with Gasteiger partial charge in [-0.1, -0.05) is 12.1 Å². The fourth-order valence-corrected chi connectivity index (χ4v) is 1.09. The van der Waals surface area contributed by atoms with E-state index in [-0.39, 0.29) is 12.3 Å². The average molecular weight is 196 g/mol. The molecule has 0 aliphatic carbocycles. The van der Waals surface area contributed by atoms with Crippen molar-refractivity contribution in [2.75, 3.05) is 13.6 Å². The van der Waals surface area contributed by atoms with Crippen LogP contribution in [0.5, 0.6) is 5.75 Å². The maximum absolute atomic E-state index is 10.1. The lowest BCUT2D eigenvalue weighted by Gasteiger charge is -2.14. The Morgan fingerprint density at radius 2 is 2.00 bits per heavy atom. The molecule has 1 aromatic carbocycles. The summed E-state index contributed by atoms with van der Waals surface area (Å²) in [6.45, 7) is 0.133.